The van der Waals surface area contributed by atoms with Crippen LogP contribution < -0.4 is 5.32 Å². The highest BCUT2D eigenvalue weighted by Gasteiger charge is 2.36. The molecular formula is C16H14F3N. The van der Waals surface area contributed by atoms with Crippen molar-refractivity contribution in [3.63, 3.8) is 0 Å². The van der Waals surface area contributed by atoms with E-state index in [0.717, 1.165) is 22.9 Å². The molecular weight excluding hydrogens is 263 g/mol. The first kappa shape index (κ1) is 13.0. The zero-order valence-corrected chi connectivity index (χ0v) is 11.0. The predicted molar refractivity (Wildman–Crippen MR) is 72.7 cm³/mol. The molecule has 0 radical (unpaired) electrons. The maximum atomic E-state index is 13.1. The van der Waals surface area contributed by atoms with Crippen molar-refractivity contribution in [3.8, 4) is 0 Å². The smallest absolute Gasteiger partial charge is 0.377 e. The predicted octanol–water partition coefficient (Wildman–Crippen LogP) is 4.72. The quantitative estimate of drug-likeness (QED) is 0.795. The van der Waals surface area contributed by atoms with Gasteiger partial charge in [-0.1, -0.05) is 36.4 Å². The van der Waals surface area contributed by atoms with Crippen LogP contribution in [-0.4, -0.2) is 0 Å². The number of hydrogen-bond acceptors (Lipinski definition) is 1. The molecule has 0 saturated heterocycles. The molecule has 1 unspecified atom stereocenters. The molecule has 0 aromatic heterocycles. The van der Waals surface area contributed by atoms with Crippen LogP contribution in [0.4, 0.5) is 18.9 Å². The zero-order valence-electron chi connectivity index (χ0n) is 11.0. The van der Waals surface area contributed by atoms with Crippen LogP contribution in [0, 0.1) is 6.92 Å². The lowest BCUT2D eigenvalue weighted by Crippen LogP contribution is -2.15. The highest BCUT2D eigenvalue weighted by atomic mass is 19.4. The number of alkyl halides is 3. The average molecular weight is 277 g/mol. The van der Waals surface area contributed by atoms with Gasteiger partial charge in [-0.15, -0.1) is 0 Å². The van der Waals surface area contributed by atoms with Gasteiger partial charge in [0.05, 0.1) is 11.6 Å². The minimum Gasteiger partial charge on any atom is -0.377 e. The van der Waals surface area contributed by atoms with Gasteiger partial charge in [0.1, 0.15) is 0 Å². The van der Waals surface area contributed by atoms with Crippen molar-refractivity contribution < 1.29 is 13.2 Å². The molecule has 0 amide bonds. The summed E-state index contributed by atoms with van der Waals surface area (Å²) in [4.78, 5) is 0. The third-order valence-corrected chi connectivity index (χ3v) is 3.74. The van der Waals surface area contributed by atoms with Crippen LogP contribution in [0.15, 0.2) is 42.5 Å². The fraction of sp³-hybridized carbons (Fsp3) is 0.250. The minimum absolute atomic E-state index is 0.315. The highest BCUT2D eigenvalue weighted by Crippen LogP contribution is 2.41. The summed E-state index contributed by atoms with van der Waals surface area (Å²) < 4.78 is 39.2. The second kappa shape index (κ2) is 4.54. The van der Waals surface area contributed by atoms with Gasteiger partial charge in [-0.25, -0.2) is 0 Å². The summed E-state index contributed by atoms with van der Waals surface area (Å²) in [6, 6.07) is 11.3. The molecule has 1 heterocycles. The molecule has 2 aromatic rings. The van der Waals surface area contributed by atoms with Gasteiger partial charge < -0.3 is 5.32 Å². The van der Waals surface area contributed by atoms with Gasteiger partial charge >= 0.3 is 6.18 Å². The summed E-state index contributed by atoms with van der Waals surface area (Å²) in [6.07, 6.45) is -3.73. The van der Waals surface area contributed by atoms with Crippen molar-refractivity contribution in [2.24, 2.45) is 0 Å². The molecule has 2 aromatic carbocycles. The van der Waals surface area contributed by atoms with E-state index in [-0.39, 0.29) is 6.04 Å². The molecule has 0 spiro atoms. The van der Waals surface area contributed by atoms with Crippen molar-refractivity contribution in [2.45, 2.75) is 25.6 Å². The Kier molecular flexibility index (Phi) is 2.96. The fourth-order valence-electron chi connectivity index (χ4n) is 2.80. The van der Waals surface area contributed by atoms with Crippen LogP contribution in [0.1, 0.15) is 28.3 Å². The first-order chi connectivity index (χ1) is 9.47. The number of hydrogen-bond donors (Lipinski definition) is 1. The number of benzene rings is 2. The Hall–Kier alpha value is -1.97. The molecule has 1 N–H and O–H groups in total. The Labute approximate surface area is 115 Å². The molecule has 3 rings (SSSR count). The lowest BCUT2D eigenvalue weighted by atomic mass is 9.97. The van der Waals surface area contributed by atoms with E-state index in [1.807, 2.05) is 25.1 Å². The minimum atomic E-state index is -4.32. The van der Waals surface area contributed by atoms with E-state index < -0.39 is 11.7 Å². The zero-order chi connectivity index (χ0) is 14.3. The molecule has 1 aliphatic heterocycles. The summed E-state index contributed by atoms with van der Waals surface area (Å²) in [5.74, 6) is 0. The summed E-state index contributed by atoms with van der Waals surface area (Å²) in [6.45, 7) is 1.96. The number of aryl methyl sites for hydroxylation is 1. The maximum Gasteiger partial charge on any atom is 0.416 e. The number of halogens is 3. The van der Waals surface area contributed by atoms with Gasteiger partial charge in [-0.3, -0.25) is 0 Å². The van der Waals surface area contributed by atoms with Crippen LogP contribution in [0.3, 0.4) is 0 Å². The van der Waals surface area contributed by atoms with Gasteiger partial charge in [0, 0.05) is 5.69 Å². The monoisotopic (exact) mass is 277 g/mol. The molecule has 1 aliphatic rings. The Morgan fingerprint density at radius 1 is 1.05 bits per heavy atom. The number of fused-ring (bicyclic) bond motifs is 1. The third-order valence-electron chi connectivity index (χ3n) is 3.74. The van der Waals surface area contributed by atoms with Gasteiger partial charge in [0.15, 0.2) is 0 Å². The van der Waals surface area contributed by atoms with Crippen molar-refractivity contribution in [2.75, 3.05) is 5.32 Å². The number of anilines is 1. The van der Waals surface area contributed by atoms with E-state index in [1.165, 1.54) is 6.07 Å². The Morgan fingerprint density at radius 3 is 2.50 bits per heavy atom. The fourth-order valence-corrected chi connectivity index (χ4v) is 2.80. The van der Waals surface area contributed by atoms with E-state index in [4.69, 9.17) is 0 Å². The molecule has 1 nitrogen and oxygen atoms in total. The van der Waals surface area contributed by atoms with E-state index in [0.29, 0.717) is 12.0 Å². The summed E-state index contributed by atoms with van der Waals surface area (Å²) >= 11 is 0. The topological polar surface area (TPSA) is 12.0 Å². The summed E-state index contributed by atoms with van der Waals surface area (Å²) in [5, 5.41) is 3.23. The molecule has 0 bridgehead atoms. The van der Waals surface area contributed by atoms with E-state index in [9.17, 15) is 13.2 Å². The second-order valence-corrected chi connectivity index (χ2v) is 5.10. The van der Waals surface area contributed by atoms with E-state index in [1.54, 1.807) is 12.1 Å². The molecule has 20 heavy (non-hydrogen) atoms. The first-order valence-corrected chi connectivity index (χ1v) is 6.48. The highest BCUT2D eigenvalue weighted by molar-refractivity contribution is 5.63. The average Bonchev–Trinajstić information content (AvgIpc) is 2.83. The summed E-state index contributed by atoms with van der Waals surface area (Å²) in [7, 11) is 0. The van der Waals surface area contributed by atoms with Crippen LogP contribution >= 0.6 is 0 Å². The first-order valence-electron chi connectivity index (χ1n) is 6.48. The van der Waals surface area contributed by atoms with Crippen LogP contribution in [0.2, 0.25) is 0 Å². The van der Waals surface area contributed by atoms with Crippen molar-refractivity contribution in [1.82, 2.24) is 0 Å². The van der Waals surface area contributed by atoms with Crippen molar-refractivity contribution >= 4 is 5.69 Å². The van der Waals surface area contributed by atoms with Crippen LogP contribution in [0.5, 0.6) is 0 Å². The molecule has 1 atom stereocenters. The number of nitrogens with one attached hydrogen (secondary N) is 1. The van der Waals surface area contributed by atoms with Crippen LogP contribution in [0.25, 0.3) is 0 Å². The molecule has 0 fully saturated rings. The van der Waals surface area contributed by atoms with Crippen molar-refractivity contribution in [3.05, 3.63) is 64.7 Å². The van der Waals surface area contributed by atoms with E-state index >= 15 is 0 Å². The van der Waals surface area contributed by atoms with E-state index in [2.05, 4.69) is 5.32 Å². The Morgan fingerprint density at radius 2 is 1.80 bits per heavy atom. The molecule has 104 valence electrons. The SMILES string of the molecule is Cc1cccc2c1NC(c1ccccc1C(F)(F)F)C2. The molecule has 0 aliphatic carbocycles. The third kappa shape index (κ3) is 2.15. The Balaban J connectivity index is 2.00. The van der Waals surface area contributed by atoms with Crippen LogP contribution in [-0.2, 0) is 12.6 Å². The van der Waals surface area contributed by atoms with Gasteiger partial charge in [0.25, 0.3) is 0 Å². The normalized spacial score (nSPS) is 17.7. The second-order valence-electron chi connectivity index (χ2n) is 5.10. The van der Waals surface area contributed by atoms with Gasteiger partial charge in [-0.05, 0) is 36.1 Å². The number of para-hydroxylation sites is 1. The molecule has 0 saturated carbocycles. The lowest BCUT2D eigenvalue weighted by Gasteiger charge is -2.18. The standard InChI is InChI=1S/C16H14F3N/c1-10-5-4-6-11-9-14(20-15(10)11)12-7-2-3-8-13(12)16(17,18)19/h2-8,14,20H,9H2,1H3. The summed E-state index contributed by atoms with van der Waals surface area (Å²) in [5.41, 5.74) is 2.87. The largest absolute Gasteiger partial charge is 0.416 e. The Bertz CT molecular complexity index is 646. The van der Waals surface area contributed by atoms with Gasteiger partial charge in [0.2, 0.25) is 0 Å². The lowest BCUT2D eigenvalue weighted by molar-refractivity contribution is -0.138. The van der Waals surface area contributed by atoms with Gasteiger partial charge in [-0.2, -0.15) is 13.2 Å². The maximum absolute atomic E-state index is 13.1. The number of rotatable bonds is 1. The van der Waals surface area contributed by atoms with Crippen molar-refractivity contribution in [1.29, 1.82) is 0 Å². The molecule has 4 heteroatoms.